The quantitative estimate of drug-likeness (QED) is 0.351. The van der Waals surface area contributed by atoms with E-state index in [1.165, 1.54) is 0 Å². The third-order valence-corrected chi connectivity index (χ3v) is 5.14. The summed E-state index contributed by atoms with van der Waals surface area (Å²) in [5.74, 6) is -1.57. The largest absolute Gasteiger partial charge is 0.494 e. The fraction of sp³-hybridized carbons (Fsp3) is 0.231. The van der Waals surface area contributed by atoms with Crippen LogP contribution in [0.25, 0.3) is 11.1 Å². The van der Waals surface area contributed by atoms with Gasteiger partial charge < -0.3 is 19.9 Å². The molecule has 0 aliphatic rings. The van der Waals surface area contributed by atoms with E-state index in [1.807, 2.05) is 6.07 Å². The highest BCUT2D eigenvalue weighted by Gasteiger charge is 2.31. The molecule has 0 fully saturated rings. The molecule has 190 valence electrons. The molecule has 0 bridgehead atoms. The Labute approximate surface area is 204 Å². The first kappa shape index (κ1) is 26.5. The van der Waals surface area contributed by atoms with Gasteiger partial charge in [0.1, 0.15) is 18.2 Å². The number of rotatable bonds is 9. The monoisotopic (exact) mass is 505 g/mol. The molecule has 0 atom stereocenters. The van der Waals surface area contributed by atoms with Gasteiger partial charge in [0.05, 0.1) is 18.6 Å². The highest BCUT2D eigenvalue weighted by Crippen LogP contribution is 2.30. The zero-order valence-electron chi connectivity index (χ0n) is 19.2. The highest BCUT2D eigenvalue weighted by atomic mass is 19.4. The van der Waals surface area contributed by atoms with Crippen LogP contribution in [0.5, 0.6) is 5.75 Å². The maximum atomic E-state index is 14.0. The molecule has 3 rings (SSSR count). The summed E-state index contributed by atoms with van der Waals surface area (Å²) in [6, 6.07) is 14.3. The molecule has 0 aliphatic heterocycles. The summed E-state index contributed by atoms with van der Waals surface area (Å²) < 4.78 is 62.5. The smallest absolute Gasteiger partial charge is 0.416 e. The van der Waals surface area contributed by atoms with Gasteiger partial charge in [0, 0.05) is 17.7 Å². The van der Waals surface area contributed by atoms with Crippen LogP contribution in [0, 0.1) is 5.82 Å². The number of benzene rings is 3. The van der Waals surface area contributed by atoms with Crippen LogP contribution >= 0.6 is 0 Å². The third-order valence-electron chi connectivity index (χ3n) is 5.14. The number of amides is 1. The molecule has 0 aromatic heterocycles. The summed E-state index contributed by atoms with van der Waals surface area (Å²) in [5, 5.41) is 11.5. The first-order chi connectivity index (χ1) is 17.1. The number of carboxylic acid groups (broad SMARTS) is 1. The Morgan fingerprint density at radius 2 is 1.72 bits per heavy atom. The molecule has 0 aliphatic carbocycles. The summed E-state index contributed by atoms with van der Waals surface area (Å²) in [6.45, 7) is 1.61. The number of hydrogen-bond donors (Lipinski definition) is 2. The van der Waals surface area contributed by atoms with E-state index in [1.54, 1.807) is 43.3 Å². The highest BCUT2D eigenvalue weighted by molar-refractivity contribution is 5.73. The van der Waals surface area contributed by atoms with Crippen LogP contribution in [0.1, 0.15) is 29.2 Å². The Hall–Kier alpha value is -4.08. The zero-order chi connectivity index (χ0) is 26.3. The van der Waals surface area contributed by atoms with Crippen molar-refractivity contribution in [1.82, 2.24) is 5.32 Å². The van der Waals surface area contributed by atoms with Gasteiger partial charge in [-0.25, -0.2) is 9.18 Å². The van der Waals surface area contributed by atoms with Crippen LogP contribution in [0.4, 0.5) is 22.4 Å². The molecule has 0 saturated heterocycles. The van der Waals surface area contributed by atoms with Crippen molar-refractivity contribution < 1.29 is 41.7 Å². The van der Waals surface area contributed by atoms with E-state index >= 15 is 0 Å². The second-order valence-electron chi connectivity index (χ2n) is 7.76. The van der Waals surface area contributed by atoms with Gasteiger partial charge in [-0.2, -0.15) is 13.2 Å². The first-order valence-corrected chi connectivity index (χ1v) is 10.9. The number of carboxylic acids is 1. The Morgan fingerprint density at radius 1 is 0.972 bits per heavy atom. The van der Waals surface area contributed by atoms with Crippen LogP contribution in [-0.2, 0) is 35.3 Å². The van der Waals surface area contributed by atoms with Crippen LogP contribution < -0.4 is 10.1 Å². The van der Waals surface area contributed by atoms with Crippen LogP contribution in [0.15, 0.2) is 60.7 Å². The topological polar surface area (TPSA) is 84.9 Å². The van der Waals surface area contributed by atoms with Crippen LogP contribution in [0.2, 0.25) is 0 Å². The molecular weight excluding hydrogens is 482 g/mol. The van der Waals surface area contributed by atoms with Gasteiger partial charge in [-0.05, 0) is 47.9 Å². The Morgan fingerprint density at radius 3 is 2.39 bits per heavy atom. The summed E-state index contributed by atoms with van der Waals surface area (Å²) in [5.41, 5.74) is 1.45. The summed E-state index contributed by atoms with van der Waals surface area (Å²) in [7, 11) is 0. The number of ether oxygens (including phenoxy) is 2. The molecule has 1 amide bonds. The number of carbonyl (C=O) groups is 2. The van der Waals surface area contributed by atoms with Crippen molar-refractivity contribution in [3.63, 3.8) is 0 Å². The Kier molecular flexibility index (Phi) is 8.52. The van der Waals surface area contributed by atoms with Crippen molar-refractivity contribution in [1.29, 1.82) is 0 Å². The van der Waals surface area contributed by atoms with Crippen LogP contribution in [-0.4, -0.2) is 23.8 Å². The van der Waals surface area contributed by atoms with Gasteiger partial charge in [0.25, 0.3) is 0 Å². The molecule has 36 heavy (non-hydrogen) atoms. The number of carbonyl (C=O) groups excluding carboxylic acids is 1. The molecule has 6 nitrogen and oxygen atoms in total. The molecule has 2 N–H and O–H groups in total. The van der Waals surface area contributed by atoms with Crippen molar-refractivity contribution in [3.8, 4) is 16.9 Å². The number of halogens is 4. The maximum absolute atomic E-state index is 14.0. The van der Waals surface area contributed by atoms with E-state index < -0.39 is 36.2 Å². The van der Waals surface area contributed by atoms with Crippen LogP contribution in [0.3, 0.4) is 0 Å². The molecule has 0 heterocycles. The average molecular weight is 505 g/mol. The first-order valence-electron chi connectivity index (χ1n) is 10.9. The number of aliphatic carboxylic acids is 1. The molecule has 10 heteroatoms. The normalized spacial score (nSPS) is 11.1. The molecular formula is C26H23F4NO5. The van der Waals surface area contributed by atoms with E-state index in [9.17, 15) is 27.2 Å². The fourth-order valence-electron chi connectivity index (χ4n) is 3.43. The van der Waals surface area contributed by atoms with Gasteiger partial charge in [-0.1, -0.05) is 36.4 Å². The fourth-order valence-corrected chi connectivity index (χ4v) is 3.43. The zero-order valence-corrected chi connectivity index (χ0v) is 19.2. The van der Waals surface area contributed by atoms with Crippen molar-refractivity contribution in [2.75, 3.05) is 6.61 Å². The predicted octanol–water partition coefficient (Wildman–Crippen LogP) is 5.96. The predicted molar refractivity (Wildman–Crippen MR) is 123 cm³/mol. The van der Waals surface area contributed by atoms with E-state index in [2.05, 4.69) is 5.32 Å². The second-order valence-corrected chi connectivity index (χ2v) is 7.76. The standard InChI is InChI=1S/C26H23F4NO5/c1-2-35-23-9-7-18(17-5-3-4-16(10-17)11-24(32)33)12-20(23)14-31-25(34)36-15-19-6-8-21(13-22(19)27)26(28,29)30/h3-10,12-13H,2,11,14-15H2,1H3,(H,31,34)(H,32,33). The summed E-state index contributed by atoms with van der Waals surface area (Å²) >= 11 is 0. The molecule has 3 aromatic carbocycles. The number of nitrogens with one attached hydrogen (secondary N) is 1. The van der Waals surface area contributed by atoms with E-state index in [4.69, 9.17) is 14.6 Å². The number of hydrogen-bond acceptors (Lipinski definition) is 4. The van der Waals surface area contributed by atoms with Crippen molar-refractivity contribution in [2.24, 2.45) is 0 Å². The second kappa shape index (κ2) is 11.6. The van der Waals surface area contributed by atoms with Gasteiger partial charge in [-0.15, -0.1) is 0 Å². The molecule has 3 aromatic rings. The lowest BCUT2D eigenvalue weighted by Gasteiger charge is -2.14. The SMILES string of the molecule is CCOc1ccc(-c2cccc(CC(=O)O)c2)cc1CNC(=O)OCc1ccc(C(F)(F)F)cc1F. The summed E-state index contributed by atoms with van der Waals surface area (Å²) in [4.78, 5) is 23.2. The van der Waals surface area contributed by atoms with E-state index in [0.29, 0.717) is 35.6 Å². The molecule has 0 unspecified atom stereocenters. The Bertz CT molecular complexity index is 1240. The molecule has 0 spiro atoms. The van der Waals surface area contributed by atoms with E-state index in [0.717, 1.165) is 17.2 Å². The lowest BCUT2D eigenvalue weighted by Crippen LogP contribution is -2.24. The van der Waals surface area contributed by atoms with Crippen molar-refractivity contribution >= 4 is 12.1 Å². The number of alkyl halides is 3. The lowest BCUT2D eigenvalue weighted by molar-refractivity contribution is -0.138. The Balaban J connectivity index is 1.68. The minimum absolute atomic E-state index is 0.00762. The summed E-state index contributed by atoms with van der Waals surface area (Å²) in [6.07, 6.45) is -5.70. The minimum atomic E-state index is -4.68. The number of alkyl carbamates (subject to hydrolysis) is 1. The third kappa shape index (κ3) is 7.21. The van der Waals surface area contributed by atoms with Gasteiger partial charge in [0.2, 0.25) is 0 Å². The van der Waals surface area contributed by atoms with Gasteiger partial charge in [0.15, 0.2) is 0 Å². The lowest BCUT2D eigenvalue weighted by atomic mass is 9.99. The van der Waals surface area contributed by atoms with Crippen molar-refractivity contribution in [2.45, 2.75) is 32.7 Å². The van der Waals surface area contributed by atoms with Gasteiger partial charge >= 0.3 is 18.2 Å². The van der Waals surface area contributed by atoms with Gasteiger partial charge in [-0.3, -0.25) is 4.79 Å². The van der Waals surface area contributed by atoms with Crippen molar-refractivity contribution in [3.05, 3.63) is 88.7 Å². The maximum Gasteiger partial charge on any atom is 0.416 e. The van der Waals surface area contributed by atoms with E-state index in [-0.39, 0.29) is 18.5 Å². The average Bonchev–Trinajstić information content (AvgIpc) is 2.82. The molecule has 0 saturated carbocycles. The minimum Gasteiger partial charge on any atom is -0.494 e. The molecule has 0 radical (unpaired) electrons.